The number of hydrogen-bond acceptors (Lipinski definition) is 4. The van der Waals surface area contributed by atoms with E-state index in [9.17, 15) is 14.0 Å². The quantitative estimate of drug-likeness (QED) is 0.586. The number of nitrogens with two attached hydrogens (primary N) is 1. The minimum atomic E-state index is -0.595. The van der Waals surface area contributed by atoms with Gasteiger partial charge in [-0.05, 0) is 68.1 Å². The normalized spacial score (nSPS) is 16.1. The van der Waals surface area contributed by atoms with Crippen LogP contribution in [0.5, 0.6) is 5.75 Å². The number of ether oxygens (including phenoxy) is 1. The van der Waals surface area contributed by atoms with Gasteiger partial charge >= 0.3 is 0 Å². The zero-order valence-corrected chi connectivity index (χ0v) is 18.7. The first-order valence-corrected chi connectivity index (χ1v) is 11.3. The molecule has 172 valence electrons. The van der Waals surface area contributed by atoms with Crippen LogP contribution in [0.3, 0.4) is 0 Å². The first-order valence-electron chi connectivity index (χ1n) is 11.3. The number of amides is 2. The van der Waals surface area contributed by atoms with Gasteiger partial charge in [0, 0.05) is 30.8 Å². The van der Waals surface area contributed by atoms with Crippen molar-refractivity contribution in [2.75, 3.05) is 19.7 Å². The Morgan fingerprint density at radius 3 is 2.70 bits per heavy atom. The Labute approximate surface area is 192 Å². The van der Waals surface area contributed by atoms with Gasteiger partial charge in [-0.15, -0.1) is 0 Å². The van der Waals surface area contributed by atoms with Crippen LogP contribution in [0.2, 0.25) is 0 Å². The van der Waals surface area contributed by atoms with E-state index >= 15 is 0 Å². The third-order valence-electron chi connectivity index (χ3n) is 6.09. The maximum absolute atomic E-state index is 13.6. The van der Waals surface area contributed by atoms with Gasteiger partial charge in [0.1, 0.15) is 11.6 Å². The number of piperidine rings is 1. The number of halogens is 1. The van der Waals surface area contributed by atoms with E-state index in [1.54, 1.807) is 12.1 Å². The van der Waals surface area contributed by atoms with Crippen molar-refractivity contribution in [3.05, 3.63) is 71.2 Å². The maximum atomic E-state index is 13.6. The average Bonchev–Trinajstić information content (AvgIpc) is 2.82. The van der Waals surface area contributed by atoms with Gasteiger partial charge in [-0.3, -0.25) is 14.6 Å². The van der Waals surface area contributed by atoms with Crippen LogP contribution in [0.15, 0.2) is 48.5 Å². The fourth-order valence-corrected chi connectivity index (χ4v) is 4.43. The Balaban J connectivity index is 1.47. The summed E-state index contributed by atoms with van der Waals surface area (Å²) >= 11 is 0. The second kappa shape index (κ2) is 9.98. The van der Waals surface area contributed by atoms with Crippen LogP contribution in [-0.4, -0.2) is 41.4 Å². The van der Waals surface area contributed by atoms with Gasteiger partial charge in [0.05, 0.1) is 23.4 Å². The topological polar surface area (TPSA) is 85.5 Å². The van der Waals surface area contributed by atoms with Crippen LogP contribution in [-0.2, 0) is 11.2 Å². The molecule has 0 saturated carbocycles. The van der Waals surface area contributed by atoms with Crippen molar-refractivity contribution in [2.24, 2.45) is 5.73 Å². The summed E-state index contributed by atoms with van der Waals surface area (Å²) in [6.07, 6.45) is 2.69. The van der Waals surface area contributed by atoms with Crippen LogP contribution >= 0.6 is 0 Å². The van der Waals surface area contributed by atoms with E-state index < -0.39 is 11.7 Å². The number of primary amides is 1. The van der Waals surface area contributed by atoms with Crippen molar-refractivity contribution in [3.8, 4) is 5.75 Å². The molecule has 3 aromatic rings. The number of fused-ring (bicyclic) bond motifs is 1. The van der Waals surface area contributed by atoms with Crippen LogP contribution in [0.25, 0.3) is 10.9 Å². The summed E-state index contributed by atoms with van der Waals surface area (Å²) < 4.78 is 19.1. The summed E-state index contributed by atoms with van der Waals surface area (Å²) in [4.78, 5) is 31.6. The predicted octanol–water partition coefficient (Wildman–Crippen LogP) is 4.21. The molecule has 1 fully saturated rings. The second-order valence-electron chi connectivity index (χ2n) is 8.38. The van der Waals surface area contributed by atoms with E-state index in [0.717, 1.165) is 24.2 Å². The highest BCUT2D eigenvalue weighted by molar-refractivity contribution is 5.98. The molecule has 2 N–H and O–H groups in total. The van der Waals surface area contributed by atoms with Gasteiger partial charge in [-0.2, -0.15) is 0 Å². The molecule has 0 bridgehead atoms. The first kappa shape index (κ1) is 22.7. The van der Waals surface area contributed by atoms with Crippen LogP contribution in [0.1, 0.15) is 53.7 Å². The molecular weight excluding hydrogens is 421 g/mol. The molecule has 33 heavy (non-hydrogen) atoms. The first-order chi connectivity index (χ1) is 15.9. The lowest BCUT2D eigenvalue weighted by atomic mass is 9.90. The fourth-order valence-electron chi connectivity index (χ4n) is 4.43. The number of aryl methyl sites for hydroxylation is 1. The average molecular weight is 450 g/mol. The molecule has 0 spiro atoms. The number of hydrogen-bond donors (Lipinski definition) is 1. The smallest absolute Gasteiger partial charge is 0.250 e. The predicted molar refractivity (Wildman–Crippen MR) is 125 cm³/mol. The molecular formula is C26H28FN3O3. The molecule has 7 heteroatoms. The Kier molecular flexibility index (Phi) is 6.87. The number of benzene rings is 2. The molecule has 4 rings (SSSR count). The molecule has 1 saturated heterocycles. The van der Waals surface area contributed by atoms with Gasteiger partial charge < -0.3 is 15.4 Å². The number of carbonyl (C=O) groups is 2. The molecule has 1 aromatic heterocycles. The number of carbonyl (C=O) groups excluding carboxylic acids is 2. The van der Waals surface area contributed by atoms with E-state index in [1.807, 2.05) is 36.1 Å². The summed E-state index contributed by atoms with van der Waals surface area (Å²) in [5.74, 6) is -0.179. The molecule has 2 heterocycles. The molecule has 2 amide bonds. The minimum Gasteiger partial charge on any atom is -0.494 e. The number of likely N-dealkylation sites (tertiary alicyclic amines) is 1. The molecule has 2 aromatic carbocycles. The Morgan fingerprint density at radius 1 is 1.18 bits per heavy atom. The molecule has 1 atom stereocenters. The third-order valence-corrected chi connectivity index (χ3v) is 6.09. The SMILES string of the molecule is CCOc1ccc(CCC(=O)N2CCC[C@@H](c3nc4ccc(F)cc4cc3C(N)=O)C2)cc1. The summed E-state index contributed by atoms with van der Waals surface area (Å²) in [6, 6.07) is 13.7. The van der Waals surface area contributed by atoms with E-state index in [1.165, 1.54) is 12.1 Å². The Hall–Kier alpha value is -3.48. The van der Waals surface area contributed by atoms with Crippen molar-refractivity contribution in [3.63, 3.8) is 0 Å². The highest BCUT2D eigenvalue weighted by atomic mass is 19.1. The lowest BCUT2D eigenvalue weighted by Gasteiger charge is -2.33. The third kappa shape index (κ3) is 5.30. The lowest BCUT2D eigenvalue weighted by molar-refractivity contribution is -0.132. The van der Waals surface area contributed by atoms with E-state index in [2.05, 4.69) is 4.98 Å². The van der Waals surface area contributed by atoms with Crippen LogP contribution < -0.4 is 10.5 Å². The zero-order chi connectivity index (χ0) is 23.4. The lowest BCUT2D eigenvalue weighted by Crippen LogP contribution is -2.40. The summed E-state index contributed by atoms with van der Waals surface area (Å²) in [6.45, 7) is 3.73. The molecule has 1 aliphatic heterocycles. The van der Waals surface area contributed by atoms with Crippen molar-refractivity contribution in [2.45, 2.75) is 38.5 Å². The van der Waals surface area contributed by atoms with Gasteiger partial charge in [-0.25, -0.2) is 4.39 Å². The number of aromatic nitrogens is 1. The second-order valence-corrected chi connectivity index (χ2v) is 8.38. The van der Waals surface area contributed by atoms with E-state index in [0.29, 0.717) is 54.7 Å². The minimum absolute atomic E-state index is 0.0806. The maximum Gasteiger partial charge on any atom is 0.250 e. The zero-order valence-electron chi connectivity index (χ0n) is 18.7. The summed E-state index contributed by atoms with van der Waals surface area (Å²) in [7, 11) is 0. The number of nitrogens with zero attached hydrogens (tertiary/aromatic N) is 2. The van der Waals surface area contributed by atoms with Crippen molar-refractivity contribution >= 4 is 22.7 Å². The highest BCUT2D eigenvalue weighted by Gasteiger charge is 2.28. The van der Waals surface area contributed by atoms with Gasteiger partial charge in [0.25, 0.3) is 5.91 Å². The fraction of sp³-hybridized carbons (Fsp3) is 0.346. The summed E-state index contributed by atoms with van der Waals surface area (Å²) in [5, 5.41) is 0.534. The Morgan fingerprint density at radius 2 is 1.97 bits per heavy atom. The van der Waals surface area contributed by atoms with E-state index in [-0.39, 0.29) is 11.8 Å². The number of rotatable bonds is 7. The highest BCUT2D eigenvalue weighted by Crippen LogP contribution is 2.30. The van der Waals surface area contributed by atoms with Crippen LogP contribution in [0.4, 0.5) is 4.39 Å². The molecule has 1 aliphatic rings. The van der Waals surface area contributed by atoms with Crippen molar-refractivity contribution in [1.82, 2.24) is 9.88 Å². The van der Waals surface area contributed by atoms with Crippen molar-refractivity contribution < 1.29 is 18.7 Å². The van der Waals surface area contributed by atoms with Gasteiger partial charge in [-0.1, -0.05) is 12.1 Å². The van der Waals surface area contributed by atoms with Crippen LogP contribution in [0, 0.1) is 5.82 Å². The molecule has 0 unspecified atom stereocenters. The number of pyridine rings is 1. The molecule has 6 nitrogen and oxygen atoms in total. The van der Waals surface area contributed by atoms with E-state index in [4.69, 9.17) is 10.5 Å². The Bertz CT molecular complexity index is 1160. The molecule has 0 aliphatic carbocycles. The molecule has 0 radical (unpaired) electrons. The monoisotopic (exact) mass is 449 g/mol. The standard InChI is InChI=1S/C26H28FN3O3/c1-2-33-21-9-5-17(6-10-21)7-12-24(31)30-13-3-4-18(16-30)25-22(26(28)32)15-19-14-20(27)8-11-23(19)29-25/h5-6,8-11,14-15,18H,2-4,7,12-13,16H2,1H3,(H2,28,32)/t18-/m1/s1. The van der Waals surface area contributed by atoms with Gasteiger partial charge in [0.2, 0.25) is 5.91 Å². The van der Waals surface area contributed by atoms with Crippen molar-refractivity contribution in [1.29, 1.82) is 0 Å². The van der Waals surface area contributed by atoms with Gasteiger partial charge in [0.15, 0.2) is 0 Å². The summed E-state index contributed by atoms with van der Waals surface area (Å²) in [5.41, 5.74) is 8.20. The largest absolute Gasteiger partial charge is 0.494 e.